The fraction of sp³-hybridized carbons (Fsp3) is 0.409. The van der Waals surface area contributed by atoms with Crippen molar-refractivity contribution in [3.63, 3.8) is 0 Å². The van der Waals surface area contributed by atoms with Gasteiger partial charge in [-0.2, -0.15) is 0 Å². The largest absolute Gasteiger partial charge is 0.441 e. The number of fused-ring (bicyclic) bond motifs is 1. The molecular formula is C22H26N4O2. The maximum atomic E-state index is 12.8. The summed E-state index contributed by atoms with van der Waals surface area (Å²) in [5.74, 6) is 2.15. The number of carbonyl (C=O) groups excluding carboxylic acids is 1. The van der Waals surface area contributed by atoms with Crippen molar-refractivity contribution in [1.29, 1.82) is 0 Å². The van der Waals surface area contributed by atoms with Crippen LogP contribution in [0.1, 0.15) is 38.0 Å². The Balaban J connectivity index is 1.74. The first-order valence-corrected chi connectivity index (χ1v) is 9.86. The van der Waals surface area contributed by atoms with Crippen LogP contribution in [0.2, 0.25) is 0 Å². The first-order valence-electron chi connectivity index (χ1n) is 9.86. The van der Waals surface area contributed by atoms with Crippen LogP contribution >= 0.6 is 0 Å². The van der Waals surface area contributed by atoms with Gasteiger partial charge in [-0.1, -0.05) is 31.4 Å². The van der Waals surface area contributed by atoms with Crippen LogP contribution in [-0.2, 0) is 4.79 Å². The first-order chi connectivity index (χ1) is 13.5. The van der Waals surface area contributed by atoms with Crippen molar-refractivity contribution in [2.45, 2.75) is 39.0 Å². The molecule has 1 N–H and O–H groups in total. The van der Waals surface area contributed by atoms with E-state index < -0.39 is 0 Å². The van der Waals surface area contributed by atoms with Crippen LogP contribution in [0, 0.1) is 12.8 Å². The Morgan fingerprint density at radius 1 is 1.14 bits per heavy atom. The minimum Gasteiger partial charge on any atom is -0.441 e. The van der Waals surface area contributed by atoms with Gasteiger partial charge in [0.1, 0.15) is 0 Å². The summed E-state index contributed by atoms with van der Waals surface area (Å²) in [5.41, 5.74) is 1.85. The molecule has 1 saturated carbocycles. The summed E-state index contributed by atoms with van der Waals surface area (Å²) in [6.45, 7) is 1.83. The van der Waals surface area contributed by atoms with Gasteiger partial charge in [0.05, 0.1) is 11.9 Å². The van der Waals surface area contributed by atoms with Gasteiger partial charge in [0.15, 0.2) is 17.5 Å². The third-order valence-corrected chi connectivity index (χ3v) is 5.44. The van der Waals surface area contributed by atoms with Crippen molar-refractivity contribution in [3.8, 4) is 11.3 Å². The van der Waals surface area contributed by atoms with Crippen LogP contribution in [0.4, 0.5) is 11.5 Å². The number of carbonyl (C=O) groups is 1. The van der Waals surface area contributed by atoms with Crippen LogP contribution in [0.5, 0.6) is 0 Å². The van der Waals surface area contributed by atoms with E-state index in [1.807, 2.05) is 44.2 Å². The SMILES string of the molecule is Cc1ncc(-c2ccc3cnc(NC(=O)C4CCCCC4)c(N(C)C)c3c2)o1. The standard InChI is InChI=1S/C22H26N4O2/c1-14-23-13-19(28-14)16-9-10-17-12-24-21(20(26(2)3)18(17)11-16)25-22(27)15-7-5-4-6-8-15/h9-13,15H,4-8H2,1-3H3,(H,24,25,27). The highest BCUT2D eigenvalue weighted by atomic mass is 16.4. The Morgan fingerprint density at radius 3 is 2.61 bits per heavy atom. The number of hydrogen-bond donors (Lipinski definition) is 1. The van der Waals surface area contributed by atoms with Crippen molar-refractivity contribution in [1.82, 2.24) is 9.97 Å². The van der Waals surface area contributed by atoms with E-state index in [0.29, 0.717) is 11.7 Å². The highest BCUT2D eigenvalue weighted by Crippen LogP contribution is 2.35. The quantitative estimate of drug-likeness (QED) is 0.707. The number of amides is 1. The summed E-state index contributed by atoms with van der Waals surface area (Å²) in [6.07, 6.45) is 8.96. The molecule has 6 nitrogen and oxygen atoms in total. The van der Waals surface area contributed by atoms with Gasteiger partial charge < -0.3 is 14.6 Å². The van der Waals surface area contributed by atoms with E-state index in [4.69, 9.17) is 4.42 Å². The number of aryl methyl sites for hydroxylation is 1. The Morgan fingerprint density at radius 2 is 1.93 bits per heavy atom. The predicted octanol–water partition coefficient (Wildman–Crippen LogP) is 4.78. The highest BCUT2D eigenvalue weighted by Gasteiger charge is 2.23. The number of aromatic nitrogens is 2. The molecule has 0 aliphatic heterocycles. The second-order valence-corrected chi connectivity index (χ2v) is 7.72. The fourth-order valence-electron chi connectivity index (χ4n) is 3.97. The minimum atomic E-state index is 0.0802. The molecule has 0 bridgehead atoms. The molecule has 0 saturated heterocycles. The maximum absolute atomic E-state index is 12.8. The van der Waals surface area contributed by atoms with E-state index in [1.165, 1.54) is 6.42 Å². The molecule has 6 heteroatoms. The van der Waals surface area contributed by atoms with Gasteiger partial charge in [0.2, 0.25) is 5.91 Å². The molecule has 0 radical (unpaired) electrons. The lowest BCUT2D eigenvalue weighted by atomic mass is 9.88. The van der Waals surface area contributed by atoms with E-state index in [9.17, 15) is 4.79 Å². The molecule has 1 amide bonds. The fourth-order valence-corrected chi connectivity index (χ4v) is 3.97. The van der Waals surface area contributed by atoms with Gasteiger partial charge in [-0.05, 0) is 18.9 Å². The van der Waals surface area contributed by atoms with Crippen LogP contribution in [0.25, 0.3) is 22.1 Å². The summed E-state index contributed by atoms with van der Waals surface area (Å²) in [7, 11) is 3.94. The first kappa shape index (κ1) is 18.5. The number of hydrogen-bond acceptors (Lipinski definition) is 5. The van der Waals surface area contributed by atoms with Gasteiger partial charge in [0, 0.05) is 49.5 Å². The Hall–Kier alpha value is -2.89. The zero-order chi connectivity index (χ0) is 19.7. The number of oxazole rings is 1. The summed E-state index contributed by atoms with van der Waals surface area (Å²) in [5, 5.41) is 5.12. The predicted molar refractivity (Wildman–Crippen MR) is 112 cm³/mol. The Bertz CT molecular complexity index is 1000. The number of benzene rings is 1. The Kier molecular flexibility index (Phi) is 5.03. The number of pyridine rings is 1. The van der Waals surface area contributed by atoms with E-state index in [1.54, 1.807) is 6.20 Å². The molecule has 4 rings (SSSR count). The van der Waals surface area contributed by atoms with Crippen LogP contribution in [-0.4, -0.2) is 30.0 Å². The van der Waals surface area contributed by atoms with Crippen molar-refractivity contribution >= 4 is 28.2 Å². The van der Waals surface area contributed by atoms with Gasteiger partial charge in [-0.15, -0.1) is 0 Å². The van der Waals surface area contributed by atoms with Crippen molar-refractivity contribution < 1.29 is 9.21 Å². The average molecular weight is 378 g/mol. The molecular weight excluding hydrogens is 352 g/mol. The lowest BCUT2D eigenvalue weighted by molar-refractivity contribution is -0.120. The number of nitrogens with zero attached hydrogens (tertiary/aromatic N) is 3. The molecule has 2 aromatic heterocycles. The molecule has 1 aliphatic rings. The molecule has 146 valence electrons. The number of rotatable bonds is 4. The zero-order valence-corrected chi connectivity index (χ0v) is 16.7. The zero-order valence-electron chi connectivity index (χ0n) is 16.7. The Labute approximate surface area is 165 Å². The lowest BCUT2D eigenvalue weighted by Gasteiger charge is -2.23. The third-order valence-electron chi connectivity index (χ3n) is 5.44. The molecule has 0 spiro atoms. The summed E-state index contributed by atoms with van der Waals surface area (Å²) in [6, 6.07) is 6.10. The highest BCUT2D eigenvalue weighted by molar-refractivity contribution is 6.04. The summed E-state index contributed by atoms with van der Waals surface area (Å²) >= 11 is 0. The number of anilines is 2. The lowest BCUT2D eigenvalue weighted by Crippen LogP contribution is -2.26. The maximum Gasteiger partial charge on any atom is 0.228 e. The molecule has 3 aromatic rings. The molecule has 1 fully saturated rings. The molecule has 28 heavy (non-hydrogen) atoms. The summed E-state index contributed by atoms with van der Waals surface area (Å²) in [4.78, 5) is 23.5. The average Bonchev–Trinajstić information content (AvgIpc) is 3.14. The monoisotopic (exact) mass is 378 g/mol. The van der Waals surface area contributed by atoms with Gasteiger partial charge in [0.25, 0.3) is 0 Å². The van der Waals surface area contributed by atoms with E-state index in [0.717, 1.165) is 53.5 Å². The molecule has 1 aliphatic carbocycles. The van der Waals surface area contributed by atoms with Crippen molar-refractivity contribution in [2.75, 3.05) is 24.3 Å². The molecule has 2 heterocycles. The second-order valence-electron chi connectivity index (χ2n) is 7.72. The van der Waals surface area contributed by atoms with Gasteiger partial charge in [-0.3, -0.25) is 4.79 Å². The van der Waals surface area contributed by atoms with E-state index >= 15 is 0 Å². The van der Waals surface area contributed by atoms with Crippen molar-refractivity contribution in [2.24, 2.45) is 5.92 Å². The normalized spacial score (nSPS) is 15.0. The second kappa shape index (κ2) is 7.62. The molecule has 0 unspecified atom stereocenters. The molecule has 1 aromatic carbocycles. The molecule has 0 atom stereocenters. The van der Waals surface area contributed by atoms with Crippen molar-refractivity contribution in [3.05, 3.63) is 36.5 Å². The minimum absolute atomic E-state index is 0.0802. The van der Waals surface area contributed by atoms with Crippen LogP contribution in [0.15, 0.2) is 35.0 Å². The number of nitrogens with one attached hydrogen (secondary N) is 1. The third kappa shape index (κ3) is 3.59. The van der Waals surface area contributed by atoms with Gasteiger partial charge in [-0.25, -0.2) is 9.97 Å². The summed E-state index contributed by atoms with van der Waals surface area (Å²) < 4.78 is 5.68. The van der Waals surface area contributed by atoms with Crippen LogP contribution < -0.4 is 10.2 Å². The van der Waals surface area contributed by atoms with E-state index in [2.05, 4.69) is 21.4 Å². The van der Waals surface area contributed by atoms with E-state index in [-0.39, 0.29) is 11.8 Å². The van der Waals surface area contributed by atoms with Gasteiger partial charge >= 0.3 is 0 Å². The smallest absolute Gasteiger partial charge is 0.228 e. The topological polar surface area (TPSA) is 71.3 Å². The van der Waals surface area contributed by atoms with Crippen LogP contribution in [0.3, 0.4) is 0 Å².